The SMILES string of the molecule is C=CCn1c(SC(C)C(=O)Nc2ccc(CC)cc2)nc2sccc2c1=O. The van der Waals surface area contributed by atoms with Crippen molar-refractivity contribution in [3.8, 4) is 0 Å². The van der Waals surface area contributed by atoms with E-state index in [2.05, 4.69) is 23.8 Å². The Balaban J connectivity index is 1.80. The van der Waals surface area contributed by atoms with Gasteiger partial charge in [-0.2, -0.15) is 0 Å². The lowest BCUT2D eigenvalue weighted by molar-refractivity contribution is -0.115. The Kier molecular flexibility index (Phi) is 6.13. The minimum atomic E-state index is -0.406. The number of aromatic nitrogens is 2. The molecule has 0 bridgehead atoms. The van der Waals surface area contributed by atoms with Crippen LogP contribution < -0.4 is 10.9 Å². The standard InChI is InChI=1S/C20H21N3O2S2/c1-4-11-23-19(25)16-10-12-26-18(16)22-20(23)27-13(3)17(24)21-15-8-6-14(5-2)7-9-15/h4,6-10,12-13H,1,5,11H2,2-3H3,(H,21,24). The molecule has 0 spiro atoms. The van der Waals surface area contributed by atoms with E-state index in [4.69, 9.17) is 0 Å². The van der Waals surface area contributed by atoms with Crippen LogP contribution in [0, 0.1) is 0 Å². The first-order chi connectivity index (χ1) is 13.0. The lowest BCUT2D eigenvalue weighted by Gasteiger charge is -2.15. The number of benzene rings is 1. The molecule has 2 heterocycles. The molecule has 1 N–H and O–H groups in total. The van der Waals surface area contributed by atoms with Crippen LogP contribution in [-0.2, 0) is 17.8 Å². The number of hydrogen-bond donors (Lipinski definition) is 1. The van der Waals surface area contributed by atoms with Crippen LogP contribution in [-0.4, -0.2) is 20.7 Å². The number of allylic oxidation sites excluding steroid dienone is 1. The van der Waals surface area contributed by atoms with Gasteiger partial charge in [0.1, 0.15) is 4.83 Å². The molecule has 140 valence electrons. The summed E-state index contributed by atoms with van der Waals surface area (Å²) in [6, 6.07) is 9.58. The fourth-order valence-electron chi connectivity index (χ4n) is 2.59. The quantitative estimate of drug-likeness (QED) is 0.365. The molecular weight excluding hydrogens is 378 g/mol. The van der Waals surface area contributed by atoms with E-state index in [9.17, 15) is 9.59 Å². The number of thioether (sulfide) groups is 1. The monoisotopic (exact) mass is 399 g/mol. The average Bonchev–Trinajstić information content (AvgIpc) is 3.14. The highest BCUT2D eigenvalue weighted by molar-refractivity contribution is 8.00. The number of amides is 1. The van der Waals surface area contributed by atoms with Gasteiger partial charge in [0.2, 0.25) is 5.91 Å². The summed E-state index contributed by atoms with van der Waals surface area (Å²) in [5, 5.41) is 5.49. The van der Waals surface area contributed by atoms with Crippen LogP contribution in [0.25, 0.3) is 10.2 Å². The maximum absolute atomic E-state index is 12.7. The van der Waals surface area contributed by atoms with Crippen LogP contribution in [0.2, 0.25) is 0 Å². The van der Waals surface area contributed by atoms with Crippen molar-refractivity contribution < 1.29 is 4.79 Å². The number of anilines is 1. The predicted molar refractivity (Wildman–Crippen MR) is 114 cm³/mol. The number of nitrogens with zero attached hydrogens (tertiary/aromatic N) is 2. The second-order valence-electron chi connectivity index (χ2n) is 6.04. The summed E-state index contributed by atoms with van der Waals surface area (Å²) < 4.78 is 1.56. The van der Waals surface area contributed by atoms with Crippen LogP contribution in [0.3, 0.4) is 0 Å². The largest absolute Gasteiger partial charge is 0.325 e. The van der Waals surface area contributed by atoms with Gasteiger partial charge in [-0.25, -0.2) is 4.98 Å². The second kappa shape index (κ2) is 8.54. The molecule has 2 aromatic heterocycles. The van der Waals surface area contributed by atoms with Crippen molar-refractivity contribution >= 4 is 44.9 Å². The van der Waals surface area contributed by atoms with Gasteiger partial charge < -0.3 is 5.32 Å². The first kappa shape index (κ1) is 19.4. The van der Waals surface area contributed by atoms with Gasteiger partial charge in [-0.3, -0.25) is 14.2 Å². The third-order valence-electron chi connectivity index (χ3n) is 4.14. The molecule has 0 fully saturated rings. The van der Waals surface area contributed by atoms with Crippen molar-refractivity contribution in [3.05, 3.63) is 64.3 Å². The molecule has 5 nitrogen and oxygen atoms in total. The summed E-state index contributed by atoms with van der Waals surface area (Å²) >= 11 is 2.70. The maximum atomic E-state index is 12.7. The van der Waals surface area contributed by atoms with E-state index in [1.165, 1.54) is 28.7 Å². The number of carbonyl (C=O) groups excluding carboxylic acids is 1. The fraction of sp³-hybridized carbons (Fsp3) is 0.250. The highest BCUT2D eigenvalue weighted by Crippen LogP contribution is 2.25. The molecule has 3 rings (SSSR count). The summed E-state index contributed by atoms with van der Waals surface area (Å²) in [5.41, 5.74) is 1.87. The Morgan fingerprint density at radius 1 is 1.37 bits per heavy atom. The molecule has 0 aliphatic rings. The average molecular weight is 400 g/mol. The molecule has 7 heteroatoms. The summed E-state index contributed by atoms with van der Waals surface area (Å²) in [6.07, 6.45) is 2.61. The van der Waals surface area contributed by atoms with E-state index < -0.39 is 5.25 Å². The van der Waals surface area contributed by atoms with Crippen LogP contribution >= 0.6 is 23.1 Å². The zero-order chi connectivity index (χ0) is 19.4. The van der Waals surface area contributed by atoms with Gasteiger partial charge in [-0.1, -0.05) is 36.9 Å². The molecule has 0 aliphatic carbocycles. The zero-order valence-electron chi connectivity index (χ0n) is 15.3. The Morgan fingerprint density at radius 3 is 2.78 bits per heavy atom. The number of carbonyl (C=O) groups is 1. The normalized spacial score (nSPS) is 12.1. The van der Waals surface area contributed by atoms with Crippen molar-refractivity contribution in [2.75, 3.05) is 5.32 Å². The zero-order valence-corrected chi connectivity index (χ0v) is 16.9. The Morgan fingerprint density at radius 2 is 2.11 bits per heavy atom. The van der Waals surface area contributed by atoms with Gasteiger partial charge in [0.25, 0.3) is 5.56 Å². The molecule has 1 amide bonds. The van der Waals surface area contributed by atoms with Crippen LogP contribution in [0.4, 0.5) is 5.69 Å². The molecule has 27 heavy (non-hydrogen) atoms. The van der Waals surface area contributed by atoms with Crippen LogP contribution in [0.15, 0.2) is 58.3 Å². The number of nitrogens with one attached hydrogen (secondary N) is 1. The lowest BCUT2D eigenvalue weighted by atomic mass is 10.1. The Bertz CT molecular complexity index is 1020. The van der Waals surface area contributed by atoms with Crippen molar-refractivity contribution in [1.82, 2.24) is 9.55 Å². The minimum absolute atomic E-state index is 0.105. The molecule has 3 aromatic rings. The molecule has 0 aliphatic heterocycles. The number of thiophene rings is 1. The predicted octanol–water partition coefficient (Wildman–Crippen LogP) is 4.33. The fourth-order valence-corrected chi connectivity index (χ4v) is 4.31. The molecule has 0 saturated heterocycles. The van der Waals surface area contributed by atoms with E-state index in [0.717, 1.165) is 12.1 Å². The third-order valence-corrected chi connectivity index (χ3v) is 6.04. The number of aryl methyl sites for hydroxylation is 1. The molecule has 1 aromatic carbocycles. The van der Waals surface area contributed by atoms with Gasteiger partial charge in [0.05, 0.1) is 10.6 Å². The second-order valence-corrected chi connectivity index (χ2v) is 8.24. The minimum Gasteiger partial charge on any atom is -0.325 e. The summed E-state index contributed by atoms with van der Waals surface area (Å²) in [4.78, 5) is 30.5. The lowest BCUT2D eigenvalue weighted by Crippen LogP contribution is -2.26. The van der Waals surface area contributed by atoms with Crippen molar-refractivity contribution in [2.45, 2.75) is 37.2 Å². The van der Waals surface area contributed by atoms with Crippen LogP contribution in [0.5, 0.6) is 0 Å². The van der Waals surface area contributed by atoms with E-state index in [-0.39, 0.29) is 11.5 Å². The van der Waals surface area contributed by atoms with E-state index in [1.807, 2.05) is 36.6 Å². The summed E-state index contributed by atoms with van der Waals surface area (Å²) in [7, 11) is 0. The van der Waals surface area contributed by atoms with E-state index in [1.54, 1.807) is 16.7 Å². The maximum Gasteiger partial charge on any atom is 0.263 e. The highest BCUT2D eigenvalue weighted by Gasteiger charge is 2.19. The Labute approximate surface area is 166 Å². The topological polar surface area (TPSA) is 64.0 Å². The van der Waals surface area contributed by atoms with Crippen molar-refractivity contribution in [3.63, 3.8) is 0 Å². The summed E-state index contributed by atoms with van der Waals surface area (Å²) in [5.74, 6) is -0.130. The van der Waals surface area contributed by atoms with Gasteiger partial charge in [0.15, 0.2) is 5.16 Å². The molecular formula is C20H21N3O2S2. The highest BCUT2D eigenvalue weighted by atomic mass is 32.2. The number of hydrogen-bond acceptors (Lipinski definition) is 5. The van der Waals surface area contributed by atoms with Crippen molar-refractivity contribution in [1.29, 1.82) is 0 Å². The van der Waals surface area contributed by atoms with Gasteiger partial charge in [-0.05, 0) is 42.5 Å². The van der Waals surface area contributed by atoms with Gasteiger partial charge in [0, 0.05) is 12.2 Å². The van der Waals surface area contributed by atoms with Gasteiger partial charge in [-0.15, -0.1) is 17.9 Å². The van der Waals surface area contributed by atoms with Gasteiger partial charge >= 0.3 is 0 Å². The van der Waals surface area contributed by atoms with E-state index in [0.29, 0.717) is 21.9 Å². The molecule has 0 saturated carbocycles. The Hall–Kier alpha value is -2.38. The molecule has 1 unspecified atom stereocenters. The van der Waals surface area contributed by atoms with Crippen LogP contribution in [0.1, 0.15) is 19.4 Å². The number of rotatable bonds is 7. The van der Waals surface area contributed by atoms with E-state index >= 15 is 0 Å². The smallest absolute Gasteiger partial charge is 0.263 e. The third kappa shape index (κ3) is 4.31. The first-order valence-corrected chi connectivity index (χ1v) is 10.4. The van der Waals surface area contributed by atoms with Crippen molar-refractivity contribution in [2.24, 2.45) is 0 Å². The molecule has 1 atom stereocenters. The summed E-state index contributed by atoms with van der Waals surface area (Å²) in [6.45, 7) is 7.97. The first-order valence-electron chi connectivity index (χ1n) is 8.69. The number of fused-ring (bicyclic) bond motifs is 1. The molecule has 0 radical (unpaired) electrons.